The Morgan fingerprint density at radius 1 is 1.16 bits per heavy atom. The second kappa shape index (κ2) is 8.65. The van der Waals surface area contributed by atoms with E-state index in [4.69, 9.17) is 4.74 Å². The molecule has 0 aliphatic heterocycles. The Morgan fingerprint density at radius 3 is 2.58 bits per heavy atom. The second-order valence-electron chi connectivity index (χ2n) is 11.1. The van der Waals surface area contributed by atoms with Gasteiger partial charge in [-0.1, -0.05) is 45.3 Å². The molecule has 4 rings (SSSR count). The van der Waals surface area contributed by atoms with Crippen LogP contribution in [0.3, 0.4) is 0 Å². The van der Waals surface area contributed by atoms with Gasteiger partial charge in [0.25, 0.3) is 0 Å². The molecule has 174 valence electrons. The average molecular weight is 433 g/mol. The molecule has 0 amide bonds. The molecule has 0 heterocycles. The van der Waals surface area contributed by atoms with Gasteiger partial charge in [-0.05, 0) is 92.4 Å². The monoisotopic (exact) mass is 432 g/mol. The van der Waals surface area contributed by atoms with Crippen LogP contribution in [0.15, 0.2) is 23.0 Å². The predicted molar refractivity (Wildman–Crippen MR) is 121 cm³/mol. The molecule has 4 aliphatic rings. The van der Waals surface area contributed by atoms with E-state index in [0.717, 1.165) is 44.9 Å². The van der Waals surface area contributed by atoms with E-state index in [1.54, 1.807) is 6.92 Å². The first-order valence-corrected chi connectivity index (χ1v) is 12.7. The zero-order chi connectivity index (χ0) is 22.4. The lowest BCUT2D eigenvalue weighted by atomic mass is 9.46. The zero-order valence-electron chi connectivity index (χ0n) is 19.9. The van der Waals surface area contributed by atoms with Crippen molar-refractivity contribution in [2.75, 3.05) is 6.61 Å². The highest BCUT2D eigenvalue weighted by Gasteiger charge is 2.59. The number of aliphatic hydroxyl groups excluding tert-OH is 1. The van der Waals surface area contributed by atoms with Gasteiger partial charge in [-0.2, -0.15) is 4.39 Å². The largest absolute Gasteiger partial charge is 0.461 e. The van der Waals surface area contributed by atoms with Crippen molar-refractivity contribution in [2.45, 2.75) is 98.0 Å². The summed E-state index contributed by atoms with van der Waals surface area (Å²) in [6.07, 6.45) is 12.4. The summed E-state index contributed by atoms with van der Waals surface area (Å²) in [4.78, 5) is 12.1. The normalized spacial score (nSPS) is 43.4. The minimum absolute atomic E-state index is 0.161. The van der Waals surface area contributed by atoms with Crippen LogP contribution in [0.5, 0.6) is 0 Å². The molecule has 3 fully saturated rings. The first-order chi connectivity index (χ1) is 14.8. The highest BCUT2D eigenvalue weighted by molar-refractivity contribution is 5.87. The minimum Gasteiger partial charge on any atom is -0.461 e. The van der Waals surface area contributed by atoms with Gasteiger partial charge in [0.05, 0.1) is 12.7 Å². The van der Waals surface area contributed by atoms with Crippen molar-refractivity contribution >= 4 is 5.97 Å². The number of allylic oxidation sites excluding steroid dienone is 2. The van der Waals surface area contributed by atoms with Crippen molar-refractivity contribution < 1.29 is 19.0 Å². The van der Waals surface area contributed by atoms with Gasteiger partial charge < -0.3 is 9.84 Å². The third-order valence-electron chi connectivity index (χ3n) is 9.72. The number of carbonyl (C=O) groups is 1. The maximum Gasteiger partial charge on any atom is 0.367 e. The Hall–Kier alpha value is -1.16. The number of ether oxygens (including phenoxy) is 1. The van der Waals surface area contributed by atoms with Gasteiger partial charge in [0, 0.05) is 5.92 Å². The summed E-state index contributed by atoms with van der Waals surface area (Å²) < 4.78 is 20.0. The molecule has 0 aromatic heterocycles. The molecule has 0 spiro atoms. The minimum atomic E-state index is -0.778. The predicted octanol–water partition coefficient (Wildman–Crippen LogP) is 6.51. The standard InChI is InChI=1S/C27H41FO3/c1-5-7-8-18-20-10-9-17-19-11-12-22(24(28)25(30)31-6-2)27(19,4)15-13-21(17)26(20,3)16-14-23(18)29/h10,17-19,21,23,29H,5-9,11-16H2,1-4H3/t17-,18?,19-,21-,23-,26-,27-/m0/s1. The molecule has 4 heteroatoms. The molecule has 0 aromatic rings. The molecule has 31 heavy (non-hydrogen) atoms. The van der Waals surface area contributed by atoms with Crippen molar-refractivity contribution in [3.05, 3.63) is 23.0 Å². The fourth-order valence-electron chi connectivity index (χ4n) is 8.14. The van der Waals surface area contributed by atoms with E-state index < -0.39 is 11.8 Å². The van der Waals surface area contributed by atoms with E-state index in [2.05, 4.69) is 26.8 Å². The zero-order valence-corrected chi connectivity index (χ0v) is 19.9. The van der Waals surface area contributed by atoms with E-state index in [9.17, 15) is 9.90 Å². The third kappa shape index (κ3) is 3.61. The Labute approximate surface area is 187 Å². The van der Waals surface area contributed by atoms with E-state index in [1.165, 1.54) is 18.4 Å². The lowest BCUT2D eigenvalue weighted by Crippen LogP contribution is -2.51. The fraction of sp³-hybridized carbons (Fsp3) is 0.815. The molecule has 0 bridgehead atoms. The maximum atomic E-state index is 15.1. The molecule has 1 N–H and O–H groups in total. The van der Waals surface area contributed by atoms with Crippen molar-refractivity contribution in [1.82, 2.24) is 0 Å². The number of halogens is 1. The Morgan fingerprint density at radius 2 is 1.87 bits per heavy atom. The first-order valence-electron chi connectivity index (χ1n) is 12.7. The van der Waals surface area contributed by atoms with Gasteiger partial charge in [0.15, 0.2) is 0 Å². The lowest BCUT2D eigenvalue weighted by Gasteiger charge is -2.58. The van der Waals surface area contributed by atoms with Gasteiger partial charge in [0.2, 0.25) is 5.83 Å². The van der Waals surface area contributed by atoms with Gasteiger partial charge in [-0.25, -0.2) is 4.79 Å². The van der Waals surface area contributed by atoms with Gasteiger partial charge in [-0.3, -0.25) is 0 Å². The SMILES string of the molecule is CCCCC1C2=CC[C@@H]3[C@H](CC[C@]4(C)C(=C(F)C(=O)OCC)CC[C@@H]34)[C@@]2(C)CC[C@@H]1O. The molecule has 3 nitrogen and oxygen atoms in total. The number of hydrogen-bond acceptors (Lipinski definition) is 3. The third-order valence-corrected chi connectivity index (χ3v) is 9.72. The van der Waals surface area contributed by atoms with Crippen LogP contribution in [-0.2, 0) is 9.53 Å². The van der Waals surface area contributed by atoms with Crippen LogP contribution in [0.2, 0.25) is 0 Å². The van der Waals surface area contributed by atoms with Crippen molar-refractivity contribution in [1.29, 1.82) is 0 Å². The number of hydrogen-bond donors (Lipinski definition) is 1. The fourth-order valence-corrected chi connectivity index (χ4v) is 8.14. The highest BCUT2D eigenvalue weighted by Crippen LogP contribution is 2.67. The van der Waals surface area contributed by atoms with Gasteiger partial charge in [-0.15, -0.1) is 0 Å². The Kier molecular flexibility index (Phi) is 6.42. The van der Waals surface area contributed by atoms with E-state index >= 15 is 4.39 Å². The van der Waals surface area contributed by atoms with Crippen molar-refractivity contribution in [3.8, 4) is 0 Å². The summed E-state index contributed by atoms with van der Waals surface area (Å²) in [6.45, 7) is 8.81. The number of rotatable bonds is 5. The first kappa shape index (κ1) is 23.0. The summed E-state index contributed by atoms with van der Waals surface area (Å²) in [6, 6.07) is 0. The van der Waals surface area contributed by atoms with Crippen molar-refractivity contribution in [2.24, 2.45) is 34.5 Å². The van der Waals surface area contributed by atoms with Crippen LogP contribution in [0, 0.1) is 34.5 Å². The summed E-state index contributed by atoms with van der Waals surface area (Å²) in [5.74, 6) is 0.489. The van der Waals surface area contributed by atoms with Crippen LogP contribution in [0.1, 0.15) is 91.9 Å². The lowest BCUT2D eigenvalue weighted by molar-refractivity contribution is -0.140. The molecular formula is C27H41FO3. The van der Waals surface area contributed by atoms with Crippen LogP contribution >= 0.6 is 0 Å². The molecule has 7 atom stereocenters. The summed E-state index contributed by atoms with van der Waals surface area (Å²) in [5, 5.41) is 10.8. The van der Waals surface area contributed by atoms with Crippen LogP contribution in [-0.4, -0.2) is 23.8 Å². The summed E-state index contributed by atoms with van der Waals surface area (Å²) in [5.41, 5.74) is 2.18. The summed E-state index contributed by atoms with van der Waals surface area (Å²) in [7, 11) is 0. The number of aliphatic hydroxyl groups is 1. The van der Waals surface area contributed by atoms with E-state index in [-0.39, 0.29) is 23.5 Å². The van der Waals surface area contributed by atoms with Gasteiger partial charge >= 0.3 is 5.97 Å². The number of unbranched alkanes of at least 4 members (excludes halogenated alkanes) is 1. The maximum absolute atomic E-state index is 15.1. The molecule has 3 saturated carbocycles. The van der Waals surface area contributed by atoms with Gasteiger partial charge in [0.1, 0.15) is 0 Å². The Bertz CT molecular complexity index is 770. The summed E-state index contributed by atoms with van der Waals surface area (Å²) >= 11 is 0. The molecular weight excluding hydrogens is 391 g/mol. The Balaban J connectivity index is 1.63. The molecule has 0 radical (unpaired) electrons. The molecule has 0 aromatic carbocycles. The van der Waals surface area contributed by atoms with Crippen LogP contribution in [0.4, 0.5) is 4.39 Å². The van der Waals surface area contributed by atoms with Crippen LogP contribution in [0.25, 0.3) is 0 Å². The topological polar surface area (TPSA) is 46.5 Å². The second-order valence-corrected chi connectivity index (χ2v) is 11.1. The van der Waals surface area contributed by atoms with Crippen molar-refractivity contribution in [3.63, 3.8) is 0 Å². The average Bonchev–Trinajstić information content (AvgIpc) is 3.10. The van der Waals surface area contributed by atoms with E-state index in [0.29, 0.717) is 35.7 Å². The molecule has 1 unspecified atom stereocenters. The molecule has 4 aliphatic carbocycles. The number of carbonyl (C=O) groups excluding carboxylic acids is 1. The molecule has 0 saturated heterocycles. The quantitative estimate of drug-likeness (QED) is 0.306. The van der Waals surface area contributed by atoms with E-state index in [1.807, 2.05) is 0 Å². The smallest absolute Gasteiger partial charge is 0.367 e. The highest BCUT2D eigenvalue weighted by atomic mass is 19.1. The number of fused-ring (bicyclic) bond motifs is 5. The number of esters is 1. The van der Waals surface area contributed by atoms with Crippen LogP contribution < -0.4 is 0 Å².